The average molecular weight is 302 g/mol. The van der Waals surface area contributed by atoms with Gasteiger partial charge in [0.15, 0.2) is 5.78 Å². The van der Waals surface area contributed by atoms with Crippen molar-refractivity contribution < 1.29 is 9.53 Å². The van der Waals surface area contributed by atoms with Gasteiger partial charge in [-0.25, -0.2) is 0 Å². The van der Waals surface area contributed by atoms with E-state index in [0.29, 0.717) is 11.6 Å². The number of carbonyl (C=O) groups is 1. The van der Waals surface area contributed by atoms with E-state index in [4.69, 9.17) is 22.1 Å². The van der Waals surface area contributed by atoms with Gasteiger partial charge < -0.3 is 10.5 Å². The number of fused-ring (bicyclic) bond motifs is 1. The molecule has 1 heterocycles. The summed E-state index contributed by atoms with van der Waals surface area (Å²) in [6.07, 6.45) is 1.07. The number of hydrogen-bond donors (Lipinski definition) is 1. The molecule has 2 N–H and O–H groups in total. The van der Waals surface area contributed by atoms with Crippen LogP contribution in [0, 0.1) is 0 Å². The minimum atomic E-state index is -0.623. The second-order valence-corrected chi connectivity index (χ2v) is 5.62. The standard InChI is InChI=1S/C17H16ClNO2/c18-14-8-12-6-7-21-17(12)13(9-14)10-15(20)16(19)11-4-2-1-3-5-11/h1-5,8-9,16H,6-7,10,19H2/t16-/m1/s1. The molecule has 0 saturated carbocycles. The molecule has 108 valence electrons. The zero-order chi connectivity index (χ0) is 14.8. The van der Waals surface area contributed by atoms with Crippen molar-refractivity contribution in [2.75, 3.05) is 6.61 Å². The normalized spacial score (nSPS) is 14.4. The van der Waals surface area contributed by atoms with Crippen LogP contribution in [0.1, 0.15) is 22.7 Å². The van der Waals surface area contributed by atoms with E-state index in [-0.39, 0.29) is 12.2 Å². The summed E-state index contributed by atoms with van der Waals surface area (Å²) >= 11 is 6.11. The first-order valence-electron chi connectivity index (χ1n) is 6.92. The van der Waals surface area contributed by atoms with Crippen molar-refractivity contribution in [2.24, 2.45) is 5.73 Å². The first-order chi connectivity index (χ1) is 10.1. The highest BCUT2D eigenvalue weighted by atomic mass is 35.5. The summed E-state index contributed by atoms with van der Waals surface area (Å²) in [5.41, 5.74) is 8.76. The lowest BCUT2D eigenvalue weighted by Gasteiger charge is -2.13. The molecule has 1 aliphatic rings. The number of nitrogens with two attached hydrogens (primary N) is 1. The summed E-state index contributed by atoms with van der Waals surface area (Å²) in [5.74, 6) is 0.758. The quantitative estimate of drug-likeness (QED) is 0.944. The van der Waals surface area contributed by atoms with Gasteiger partial charge in [0, 0.05) is 23.4 Å². The lowest BCUT2D eigenvalue weighted by atomic mass is 9.97. The minimum absolute atomic E-state index is 0.0406. The number of Topliss-reactive ketones (excluding diaryl/α,β-unsaturated/α-hetero) is 1. The zero-order valence-electron chi connectivity index (χ0n) is 11.5. The van der Waals surface area contributed by atoms with Crippen molar-refractivity contribution in [1.29, 1.82) is 0 Å². The zero-order valence-corrected chi connectivity index (χ0v) is 12.3. The largest absolute Gasteiger partial charge is 0.493 e. The van der Waals surface area contributed by atoms with Crippen LogP contribution in [0.3, 0.4) is 0 Å². The Kier molecular flexibility index (Phi) is 3.95. The van der Waals surface area contributed by atoms with E-state index in [1.54, 1.807) is 6.07 Å². The molecule has 0 bridgehead atoms. The third-order valence-electron chi connectivity index (χ3n) is 3.70. The van der Waals surface area contributed by atoms with Crippen LogP contribution in [0.2, 0.25) is 5.02 Å². The van der Waals surface area contributed by atoms with Crippen molar-refractivity contribution in [1.82, 2.24) is 0 Å². The van der Waals surface area contributed by atoms with Gasteiger partial charge in [-0.3, -0.25) is 4.79 Å². The summed E-state index contributed by atoms with van der Waals surface area (Å²) in [4.78, 5) is 12.4. The van der Waals surface area contributed by atoms with Crippen LogP contribution >= 0.6 is 11.6 Å². The Morgan fingerprint density at radius 2 is 2.05 bits per heavy atom. The molecule has 0 radical (unpaired) electrons. The van der Waals surface area contributed by atoms with Gasteiger partial charge in [0.1, 0.15) is 5.75 Å². The number of carbonyl (C=O) groups excluding carboxylic acids is 1. The molecule has 3 rings (SSSR count). The Hall–Kier alpha value is -1.84. The summed E-state index contributed by atoms with van der Waals surface area (Å²) in [7, 11) is 0. The molecule has 0 spiro atoms. The van der Waals surface area contributed by atoms with Crippen LogP contribution in [0.15, 0.2) is 42.5 Å². The van der Waals surface area contributed by atoms with E-state index >= 15 is 0 Å². The van der Waals surface area contributed by atoms with Gasteiger partial charge in [-0.15, -0.1) is 0 Å². The molecular formula is C17H16ClNO2. The Morgan fingerprint density at radius 3 is 2.81 bits per heavy atom. The topological polar surface area (TPSA) is 52.3 Å². The minimum Gasteiger partial charge on any atom is -0.493 e. The van der Waals surface area contributed by atoms with Gasteiger partial charge in [-0.2, -0.15) is 0 Å². The number of hydrogen-bond acceptors (Lipinski definition) is 3. The van der Waals surface area contributed by atoms with E-state index in [0.717, 1.165) is 28.9 Å². The number of ether oxygens (including phenoxy) is 1. The number of rotatable bonds is 4. The number of ketones is 1. The fourth-order valence-corrected chi connectivity index (χ4v) is 2.88. The number of halogens is 1. The monoisotopic (exact) mass is 301 g/mol. The van der Waals surface area contributed by atoms with Crippen molar-refractivity contribution >= 4 is 17.4 Å². The molecule has 2 aromatic rings. The lowest BCUT2D eigenvalue weighted by Crippen LogP contribution is -2.23. The van der Waals surface area contributed by atoms with Crippen molar-refractivity contribution in [3.8, 4) is 5.75 Å². The second-order valence-electron chi connectivity index (χ2n) is 5.18. The van der Waals surface area contributed by atoms with Crippen molar-refractivity contribution in [2.45, 2.75) is 18.9 Å². The Labute approximate surface area is 128 Å². The molecule has 0 fully saturated rings. The van der Waals surface area contributed by atoms with E-state index < -0.39 is 6.04 Å². The van der Waals surface area contributed by atoms with Gasteiger partial charge in [-0.05, 0) is 23.3 Å². The lowest BCUT2D eigenvalue weighted by molar-refractivity contribution is -0.119. The molecule has 2 aromatic carbocycles. The molecule has 21 heavy (non-hydrogen) atoms. The molecule has 0 unspecified atom stereocenters. The van der Waals surface area contributed by atoms with Gasteiger partial charge in [-0.1, -0.05) is 41.9 Å². The predicted molar refractivity (Wildman–Crippen MR) is 82.7 cm³/mol. The van der Waals surface area contributed by atoms with E-state index in [9.17, 15) is 4.79 Å². The molecule has 1 aliphatic heterocycles. The van der Waals surface area contributed by atoms with E-state index in [1.165, 1.54) is 0 Å². The molecule has 0 aliphatic carbocycles. The second kappa shape index (κ2) is 5.88. The summed E-state index contributed by atoms with van der Waals surface area (Å²) in [6, 6.07) is 12.4. The van der Waals surface area contributed by atoms with Crippen LogP contribution in [0.4, 0.5) is 0 Å². The maximum atomic E-state index is 12.4. The molecule has 4 heteroatoms. The highest BCUT2D eigenvalue weighted by molar-refractivity contribution is 6.30. The van der Waals surface area contributed by atoms with Crippen molar-refractivity contribution in [3.05, 3.63) is 64.2 Å². The van der Waals surface area contributed by atoms with Crippen LogP contribution in [-0.2, 0) is 17.6 Å². The highest BCUT2D eigenvalue weighted by Gasteiger charge is 2.22. The van der Waals surface area contributed by atoms with Gasteiger partial charge >= 0.3 is 0 Å². The first kappa shape index (κ1) is 14.1. The Balaban J connectivity index is 1.83. The van der Waals surface area contributed by atoms with Gasteiger partial charge in [0.2, 0.25) is 0 Å². The molecule has 0 amide bonds. The molecule has 3 nitrogen and oxygen atoms in total. The van der Waals surface area contributed by atoms with Crippen LogP contribution < -0.4 is 10.5 Å². The van der Waals surface area contributed by atoms with Crippen LogP contribution in [0.25, 0.3) is 0 Å². The van der Waals surface area contributed by atoms with Crippen molar-refractivity contribution in [3.63, 3.8) is 0 Å². The van der Waals surface area contributed by atoms with Gasteiger partial charge in [0.25, 0.3) is 0 Å². The summed E-state index contributed by atoms with van der Waals surface area (Å²) < 4.78 is 5.62. The molecule has 1 atom stereocenters. The third-order valence-corrected chi connectivity index (χ3v) is 3.91. The summed E-state index contributed by atoms with van der Waals surface area (Å²) in [6.45, 7) is 0.640. The Bertz CT molecular complexity index is 670. The average Bonchev–Trinajstić information content (AvgIpc) is 2.95. The van der Waals surface area contributed by atoms with Crippen LogP contribution in [-0.4, -0.2) is 12.4 Å². The molecular weight excluding hydrogens is 286 g/mol. The van der Waals surface area contributed by atoms with E-state index in [1.807, 2.05) is 36.4 Å². The Morgan fingerprint density at radius 1 is 1.29 bits per heavy atom. The SMILES string of the molecule is N[C@@H](C(=O)Cc1cc(Cl)cc2c1OCC2)c1ccccc1. The fraction of sp³-hybridized carbons (Fsp3) is 0.235. The van der Waals surface area contributed by atoms with E-state index in [2.05, 4.69) is 0 Å². The predicted octanol–water partition coefficient (Wildman–Crippen LogP) is 3.09. The number of benzene rings is 2. The first-order valence-corrected chi connectivity index (χ1v) is 7.30. The van der Waals surface area contributed by atoms with Gasteiger partial charge in [0.05, 0.1) is 12.6 Å². The summed E-state index contributed by atoms with van der Waals surface area (Å²) in [5, 5.41) is 0.635. The maximum Gasteiger partial charge on any atom is 0.158 e. The fourth-order valence-electron chi connectivity index (χ4n) is 2.62. The highest BCUT2D eigenvalue weighted by Crippen LogP contribution is 2.33. The third kappa shape index (κ3) is 2.94. The van der Waals surface area contributed by atoms with Crippen LogP contribution in [0.5, 0.6) is 5.75 Å². The molecule has 0 saturated heterocycles. The molecule has 0 aromatic heterocycles. The maximum absolute atomic E-state index is 12.4. The smallest absolute Gasteiger partial charge is 0.158 e.